The normalized spacial score (nSPS) is 14.2. The van der Waals surface area contributed by atoms with Crippen LogP contribution in [0.4, 0.5) is 0 Å². The minimum Gasteiger partial charge on any atom is -0.426 e. The van der Waals surface area contributed by atoms with Crippen LogP contribution in [0.25, 0.3) is 0 Å². The summed E-state index contributed by atoms with van der Waals surface area (Å²) in [6.07, 6.45) is 0.302. The molecular weight excluding hydrogens is 327 g/mol. The van der Waals surface area contributed by atoms with Gasteiger partial charge in [0.2, 0.25) is 0 Å². The van der Waals surface area contributed by atoms with E-state index in [1.54, 1.807) is 13.8 Å². The Bertz CT molecular complexity index is 604. The number of carbonyl (C=O) groups is 1. The topological polar surface area (TPSA) is 61.8 Å². The Morgan fingerprint density at radius 3 is 2.38 bits per heavy atom. The molecule has 6 heteroatoms. The molecule has 0 aromatic heterocycles. The maximum Gasteiger partial charge on any atom is 0.330 e. The average Bonchev–Trinajstić information content (AvgIpc) is 2.48. The largest absolute Gasteiger partial charge is 0.426 e. The van der Waals surface area contributed by atoms with Gasteiger partial charge in [0.25, 0.3) is 0 Å². The molecule has 0 spiro atoms. The SMILES string of the molecule is CCOP(=O)(CC)OCCC(=O)Oc1ccc(C)cc1C(C)(C)C. The zero-order valence-corrected chi connectivity index (χ0v) is 16.4. The van der Waals surface area contributed by atoms with E-state index in [2.05, 4.69) is 20.8 Å². The van der Waals surface area contributed by atoms with Gasteiger partial charge in [-0.15, -0.1) is 0 Å². The fraction of sp³-hybridized carbons (Fsp3) is 0.611. The van der Waals surface area contributed by atoms with Crippen LogP contribution >= 0.6 is 7.60 Å². The lowest BCUT2D eigenvalue weighted by Gasteiger charge is -2.23. The Morgan fingerprint density at radius 1 is 1.17 bits per heavy atom. The van der Waals surface area contributed by atoms with Gasteiger partial charge in [-0.1, -0.05) is 45.4 Å². The molecule has 0 N–H and O–H groups in total. The molecule has 1 atom stereocenters. The molecule has 0 saturated carbocycles. The van der Waals surface area contributed by atoms with Crippen LogP contribution in [0.15, 0.2) is 18.2 Å². The average molecular weight is 356 g/mol. The smallest absolute Gasteiger partial charge is 0.330 e. The Kier molecular flexibility index (Phi) is 7.65. The van der Waals surface area contributed by atoms with E-state index >= 15 is 0 Å². The number of carbonyl (C=O) groups excluding carboxylic acids is 1. The lowest BCUT2D eigenvalue weighted by molar-refractivity contribution is -0.135. The number of rotatable bonds is 8. The van der Waals surface area contributed by atoms with Crippen molar-refractivity contribution in [2.75, 3.05) is 19.4 Å². The molecule has 136 valence electrons. The van der Waals surface area contributed by atoms with E-state index in [1.807, 2.05) is 25.1 Å². The van der Waals surface area contributed by atoms with Crippen LogP contribution in [0.2, 0.25) is 0 Å². The van der Waals surface area contributed by atoms with Gasteiger partial charge >= 0.3 is 13.6 Å². The summed E-state index contributed by atoms with van der Waals surface area (Å²) in [5, 5.41) is 0. The van der Waals surface area contributed by atoms with Gasteiger partial charge in [0.15, 0.2) is 0 Å². The molecule has 0 heterocycles. The zero-order valence-electron chi connectivity index (χ0n) is 15.5. The van der Waals surface area contributed by atoms with E-state index in [9.17, 15) is 9.36 Å². The van der Waals surface area contributed by atoms with Crippen molar-refractivity contribution in [3.63, 3.8) is 0 Å². The number of ether oxygens (including phenoxy) is 1. The van der Waals surface area contributed by atoms with Crippen molar-refractivity contribution in [3.8, 4) is 5.75 Å². The van der Waals surface area contributed by atoms with Crippen LogP contribution in [-0.2, 0) is 23.8 Å². The summed E-state index contributed by atoms with van der Waals surface area (Å²) in [5.74, 6) is 0.144. The first-order valence-electron chi connectivity index (χ1n) is 8.31. The number of benzene rings is 1. The summed E-state index contributed by atoms with van der Waals surface area (Å²) in [6.45, 7) is 12.0. The van der Waals surface area contributed by atoms with Gasteiger partial charge in [-0.05, 0) is 25.3 Å². The first kappa shape index (κ1) is 20.9. The second kappa shape index (κ2) is 8.80. The number of hydrogen-bond donors (Lipinski definition) is 0. The van der Waals surface area contributed by atoms with Crippen molar-refractivity contribution in [3.05, 3.63) is 29.3 Å². The van der Waals surface area contributed by atoms with Gasteiger partial charge in [-0.25, -0.2) is 0 Å². The zero-order chi connectivity index (χ0) is 18.4. The van der Waals surface area contributed by atoms with Gasteiger partial charge in [-0.3, -0.25) is 9.36 Å². The first-order chi connectivity index (χ1) is 11.1. The minimum atomic E-state index is -3.09. The van der Waals surface area contributed by atoms with Crippen molar-refractivity contribution in [2.45, 2.75) is 53.4 Å². The summed E-state index contributed by atoms with van der Waals surface area (Å²) in [6, 6.07) is 5.75. The summed E-state index contributed by atoms with van der Waals surface area (Å²) >= 11 is 0. The maximum absolute atomic E-state index is 12.1. The number of esters is 1. The van der Waals surface area contributed by atoms with Crippen molar-refractivity contribution in [1.29, 1.82) is 0 Å². The molecule has 1 aromatic rings. The van der Waals surface area contributed by atoms with E-state index in [4.69, 9.17) is 13.8 Å². The molecule has 0 saturated heterocycles. The highest BCUT2D eigenvalue weighted by Crippen LogP contribution is 2.47. The van der Waals surface area contributed by atoms with E-state index in [1.165, 1.54) is 0 Å². The van der Waals surface area contributed by atoms with Crippen molar-refractivity contribution >= 4 is 13.6 Å². The van der Waals surface area contributed by atoms with Crippen LogP contribution < -0.4 is 4.74 Å². The van der Waals surface area contributed by atoms with Crippen LogP contribution in [0.5, 0.6) is 5.75 Å². The Hall–Kier alpha value is -1.16. The summed E-state index contributed by atoms with van der Waals surface area (Å²) in [4.78, 5) is 12.1. The van der Waals surface area contributed by atoms with Gasteiger partial charge in [0, 0.05) is 11.7 Å². The van der Waals surface area contributed by atoms with E-state index in [0.29, 0.717) is 12.4 Å². The lowest BCUT2D eigenvalue weighted by atomic mass is 9.85. The predicted molar refractivity (Wildman–Crippen MR) is 95.9 cm³/mol. The molecule has 24 heavy (non-hydrogen) atoms. The molecule has 0 amide bonds. The van der Waals surface area contributed by atoms with Gasteiger partial charge < -0.3 is 13.8 Å². The van der Waals surface area contributed by atoms with Crippen molar-refractivity contribution in [1.82, 2.24) is 0 Å². The highest BCUT2D eigenvalue weighted by Gasteiger charge is 2.23. The van der Waals surface area contributed by atoms with Crippen molar-refractivity contribution < 1.29 is 23.1 Å². The molecule has 0 aliphatic heterocycles. The molecular formula is C18H29O5P. The van der Waals surface area contributed by atoms with Crippen molar-refractivity contribution in [2.24, 2.45) is 0 Å². The van der Waals surface area contributed by atoms with Crippen LogP contribution in [0.3, 0.4) is 0 Å². The summed E-state index contributed by atoms with van der Waals surface area (Å²) < 4.78 is 28.0. The van der Waals surface area contributed by atoms with Gasteiger partial charge in [0.1, 0.15) is 5.75 Å². The predicted octanol–water partition coefficient (Wildman–Crippen LogP) is 4.85. The van der Waals surface area contributed by atoms with Crippen LogP contribution in [0.1, 0.15) is 52.2 Å². The first-order valence-corrected chi connectivity index (χ1v) is 10.0. The molecule has 5 nitrogen and oxygen atoms in total. The molecule has 0 aliphatic carbocycles. The second-order valence-electron chi connectivity index (χ2n) is 6.65. The minimum absolute atomic E-state index is 0.0145. The molecule has 1 rings (SSSR count). The standard InChI is InChI=1S/C18H29O5P/c1-7-21-24(20,8-2)22-12-11-17(19)23-16-10-9-14(3)13-15(16)18(4,5)6/h9-10,13H,7-8,11-12H2,1-6H3. The Labute approximate surface area is 145 Å². The second-order valence-corrected chi connectivity index (χ2v) is 9.02. The Morgan fingerprint density at radius 2 is 1.83 bits per heavy atom. The third-order valence-electron chi connectivity index (χ3n) is 3.47. The molecule has 0 aliphatic rings. The summed E-state index contributed by atoms with van der Waals surface area (Å²) in [5.41, 5.74) is 1.96. The van der Waals surface area contributed by atoms with E-state index in [0.717, 1.165) is 11.1 Å². The van der Waals surface area contributed by atoms with E-state index in [-0.39, 0.29) is 24.6 Å². The highest BCUT2D eigenvalue weighted by molar-refractivity contribution is 7.53. The van der Waals surface area contributed by atoms with Crippen LogP contribution in [-0.4, -0.2) is 25.3 Å². The van der Waals surface area contributed by atoms with Gasteiger partial charge in [0.05, 0.1) is 19.6 Å². The number of hydrogen-bond acceptors (Lipinski definition) is 5. The third kappa shape index (κ3) is 6.39. The quantitative estimate of drug-likeness (QED) is 0.378. The highest BCUT2D eigenvalue weighted by atomic mass is 31.2. The molecule has 0 radical (unpaired) electrons. The molecule has 1 unspecified atom stereocenters. The molecule has 0 fully saturated rings. The third-order valence-corrected chi connectivity index (χ3v) is 5.48. The monoisotopic (exact) mass is 356 g/mol. The lowest BCUT2D eigenvalue weighted by Crippen LogP contribution is -2.17. The number of aryl methyl sites for hydroxylation is 1. The Balaban J connectivity index is 2.68. The molecule has 1 aromatic carbocycles. The molecule has 0 bridgehead atoms. The fourth-order valence-electron chi connectivity index (χ4n) is 2.18. The summed E-state index contributed by atoms with van der Waals surface area (Å²) in [7, 11) is -3.09. The maximum atomic E-state index is 12.1. The van der Waals surface area contributed by atoms with Gasteiger partial charge in [-0.2, -0.15) is 0 Å². The van der Waals surface area contributed by atoms with E-state index < -0.39 is 13.6 Å². The fourth-order valence-corrected chi connectivity index (χ4v) is 3.38. The van der Waals surface area contributed by atoms with Crippen LogP contribution in [0, 0.1) is 6.92 Å².